The predicted octanol–water partition coefficient (Wildman–Crippen LogP) is 2.86. The quantitative estimate of drug-likeness (QED) is 0.617. The summed E-state index contributed by atoms with van der Waals surface area (Å²) in [6.45, 7) is 2.79. The summed E-state index contributed by atoms with van der Waals surface area (Å²) >= 11 is 0. The van der Waals surface area contributed by atoms with Crippen LogP contribution in [0.4, 0.5) is 26.3 Å². The molecule has 2 unspecified atom stereocenters. The van der Waals surface area contributed by atoms with Crippen molar-refractivity contribution < 1.29 is 36.2 Å². The van der Waals surface area contributed by atoms with E-state index in [0.717, 1.165) is 0 Å². The van der Waals surface area contributed by atoms with Gasteiger partial charge in [0.05, 0.1) is 0 Å². The summed E-state index contributed by atoms with van der Waals surface area (Å²) in [7, 11) is 0. The van der Waals surface area contributed by atoms with E-state index in [-0.39, 0.29) is 6.42 Å². The van der Waals surface area contributed by atoms with Crippen LogP contribution in [0.3, 0.4) is 0 Å². The number of rotatable bonds is 4. The number of ether oxygens (including phenoxy) is 1. The largest absolute Gasteiger partial charge is 0.423 e. The SMILES string of the molecule is CCC(C)C(O)OC(C(F)(F)F)C(F)(F)F. The van der Waals surface area contributed by atoms with Crippen LogP contribution < -0.4 is 0 Å². The fraction of sp³-hybridized carbons (Fsp3) is 1.00. The minimum atomic E-state index is -5.59. The van der Waals surface area contributed by atoms with Crippen molar-refractivity contribution in [1.29, 1.82) is 0 Å². The summed E-state index contributed by atoms with van der Waals surface area (Å²) in [5, 5.41) is 8.99. The number of alkyl halides is 6. The first-order valence-electron chi connectivity index (χ1n) is 4.47. The number of hydrogen-bond acceptors (Lipinski definition) is 2. The van der Waals surface area contributed by atoms with Crippen molar-refractivity contribution in [1.82, 2.24) is 0 Å². The molecule has 0 spiro atoms. The molecule has 0 rings (SSSR count). The molecule has 0 heterocycles. The average molecular weight is 254 g/mol. The zero-order chi connectivity index (χ0) is 13.1. The van der Waals surface area contributed by atoms with Gasteiger partial charge in [0.25, 0.3) is 6.10 Å². The van der Waals surface area contributed by atoms with Gasteiger partial charge in [0.15, 0.2) is 6.29 Å². The van der Waals surface area contributed by atoms with Crippen molar-refractivity contribution in [2.24, 2.45) is 5.92 Å². The molecule has 0 radical (unpaired) electrons. The van der Waals surface area contributed by atoms with Crippen molar-refractivity contribution in [3.05, 3.63) is 0 Å². The number of aliphatic hydroxyl groups is 1. The highest BCUT2D eigenvalue weighted by atomic mass is 19.4. The third-order valence-electron chi connectivity index (χ3n) is 2.00. The maximum Gasteiger partial charge on any atom is 0.423 e. The molecule has 0 saturated heterocycles. The second kappa shape index (κ2) is 5.22. The third kappa shape index (κ3) is 4.56. The van der Waals surface area contributed by atoms with E-state index in [1.54, 1.807) is 0 Å². The number of halogens is 6. The standard InChI is InChI=1S/C8H12F6O2/c1-3-4(2)5(15)16-6(7(9,10)11)8(12,13)14/h4-6,15H,3H2,1-2H3. The highest BCUT2D eigenvalue weighted by Gasteiger charge is 2.58. The van der Waals surface area contributed by atoms with Gasteiger partial charge in [-0.05, 0) is 6.42 Å². The molecule has 0 fully saturated rings. The zero-order valence-electron chi connectivity index (χ0n) is 8.56. The van der Waals surface area contributed by atoms with Gasteiger partial charge in [-0.2, -0.15) is 26.3 Å². The third-order valence-corrected chi connectivity index (χ3v) is 2.00. The van der Waals surface area contributed by atoms with E-state index in [2.05, 4.69) is 4.74 Å². The summed E-state index contributed by atoms with van der Waals surface area (Å²) < 4.78 is 75.6. The molecule has 0 saturated carbocycles. The molecule has 0 aliphatic heterocycles. The maximum absolute atomic E-state index is 12.0. The van der Waals surface area contributed by atoms with Crippen LogP contribution in [0.5, 0.6) is 0 Å². The average Bonchev–Trinajstić information content (AvgIpc) is 2.08. The Balaban J connectivity index is 4.71. The first kappa shape index (κ1) is 15.5. The maximum atomic E-state index is 12.0. The van der Waals surface area contributed by atoms with Crippen LogP contribution in [-0.2, 0) is 4.74 Å². The summed E-state index contributed by atoms with van der Waals surface area (Å²) in [6.07, 6.45) is -17.0. The lowest BCUT2D eigenvalue weighted by molar-refractivity contribution is -0.353. The Labute approximate surface area is 88.2 Å². The highest BCUT2D eigenvalue weighted by molar-refractivity contribution is 4.77. The van der Waals surface area contributed by atoms with Gasteiger partial charge in [-0.1, -0.05) is 13.8 Å². The summed E-state index contributed by atoms with van der Waals surface area (Å²) in [4.78, 5) is 0. The van der Waals surface area contributed by atoms with Gasteiger partial charge >= 0.3 is 12.4 Å². The fourth-order valence-electron chi connectivity index (χ4n) is 0.815. The lowest BCUT2D eigenvalue weighted by Gasteiger charge is -2.27. The second-order valence-electron chi connectivity index (χ2n) is 3.38. The topological polar surface area (TPSA) is 29.5 Å². The lowest BCUT2D eigenvalue weighted by Crippen LogP contribution is -2.47. The summed E-state index contributed by atoms with van der Waals surface area (Å²) in [6, 6.07) is 0. The molecular weight excluding hydrogens is 242 g/mol. The van der Waals surface area contributed by atoms with E-state index in [4.69, 9.17) is 5.11 Å². The Morgan fingerprint density at radius 2 is 1.44 bits per heavy atom. The zero-order valence-corrected chi connectivity index (χ0v) is 8.56. The molecule has 0 aromatic rings. The van der Waals surface area contributed by atoms with Crippen LogP contribution in [0.2, 0.25) is 0 Å². The fourth-order valence-corrected chi connectivity index (χ4v) is 0.815. The van der Waals surface area contributed by atoms with Crippen molar-refractivity contribution in [2.75, 3.05) is 0 Å². The van der Waals surface area contributed by atoms with Gasteiger partial charge in [-0.25, -0.2) is 0 Å². The van der Waals surface area contributed by atoms with Gasteiger partial charge in [0, 0.05) is 5.92 Å². The van der Waals surface area contributed by atoms with E-state index < -0.39 is 30.7 Å². The van der Waals surface area contributed by atoms with Crippen molar-refractivity contribution >= 4 is 0 Å². The smallest absolute Gasteiger partial charge is 0.368 e. The van der Waals surface area contributed by atoms with Crippen LogP contribution in [0, 0.1) is 5.92 Å². The van der Waals surface area contributed by atoms with E-state index >= 15 is 0 Å². The molecule has 1 N–H and O–H groups in total. The van der Waals surface area contributed by atoms with Gasteiger partial charge in [-0.3, -0.25) is 0 Å². The molecule has 0 aliphatic carbocycles. The van der Waals surface area contributed by atoms with E-state index in [9.17, 15) is 26.3 Å². The van der Waals surface area contributed by atoms with Crippen LogP contribution in [-0.4, -0.2) is 29.9 Å². The Morgan fingerprint density at radius 1 is 1.06 bits per heavy atom. The summed E-state index contributed by atoms with van der Waals surface area (Å²) in [5.41, 5.74) is 0. The second-order valence-corrected chi connectivity index (χ2v) is 3.38. The minimum absolute atomic E-state index is 0.198. The Morgan fingerprint density at radius 3 is 1.69 bits per heavy atom. The molecule has 0 bridgehead atoms. The first-order chi connectivity index (χ1) is 7.00. The molecule has 0 aliphatic rings. The van der Waals surface area contributed by atoms with Gasteiger partial charge in [0.2, 0.25) is 0 Å². The highest BCUT2D eigenvalue weighted by Crippen LogP contribution is 2.36. The molecule has 16 heavy (non-hydrogen) atoms. The van der Waals surface area contributed by atoms with Crippen LogP contribution >= 0.6 is 0 Å². The van der Waals surface area contributed by atoms with Crippen molar-refractivity contribution in [3.8, 4) is 0 Å². The monoisotopic (exact) mass is 254 g/mol. The van der Waals surface area contributed by atoms with Gasteiger partial charge in [0.1, 0.15) is 0 Å². The first-order valence-corrected chi connectivity index (χ1v) is 4.47. The molecule has 0 amide bonds. The van der Waals surface area contributed by atoms with Crippen molar-refractivity contribution in [3.63, 3.8) is 0 Å². The number of hydrogen-bond donors (Lipinski definition) is 1. The van der Waals surface area contributed by atoms with E-state index in [1.807, 2.05) is 0 Å². The number of aliphatic hydroxyl groups excluding tert-OH is 1. The van der Waals surface area contributed by atoms with E-state index in [0.29, 0.717) is 0 Å². The normalized spacial score (nSPS) is 17.6. The molecule has 0 aromatic heterocycles. The van der Waals surface area contributed by atoms with Crippen molar-refractivity contribution in [2.45, 2.75) is 45.0 Å². The van der Waals surface area contributed by atoms with Crippen LogP contribution in [0.1, 0.15) is 20.3 Å². The van der Waals surface area contributed by atoms with Crippen LogP contribution in [0.25, 0.3) is 0 Å². The Bertz CT molecular complexity index is 198. The Kier molecular flexibility index (Phi) is 5.06. The molecule has 2 nitrogen and oxygen atoms in total. The van der Waals surface area contributed by atoms with E-state index in [1.165, 1.54) is 13.8 Å². The minimum Gasteiger partial charge on any atom is -0.368 e. The molecule has 8 heteroatoms. The Hall–Kier alpha value is -0.500. The molecule has 98 valence electrons. The van der Waals surface area contributed by atoms with Crippen LogP contribution in [0.15, 0.2) is 0 Å². The molecular formula is C8H12F6O2. The molecule has 0 aromatic carbocycles. The van der Waals surface area contributed by atoms with Gasteiger partial charge in [-0.15, -0.1) is 0 Å². The lowest BCUT2D eigenvalue weighted by atomic mass is 10.1. The molecule has 2 atom stereocenters. The summed E-state index contributed by atoms with van der Waals surface area (Å²) in [5.74, 6) is -0.813. The predicted molar refractivity (Wildman–Crippen MR) is 42.4 cm³/mol. The van der Waals surface area contributed by atoms with Gasteiger partial charge < -0.3 is 9.84 Å².